The maximum atomic E-state index is 11.6. The predicted molar refractivity (Wildman–Crippen MR) is 70.0 cm³/mol. The molecule has 1 heterocycles. The number of aromatic nitrogens is 1. The highest BCUT2D eigenvalue weighted by molar-refractivity contribution is 5.90. The number of hydrogen-bond donors (Lipinski definition) is 2. The number of rotatable bonds is 5. The Labute approximate surface area is 102 Å². The van der Waals surface area contributed by atoms with Gasteiger partial charge in [0.15, 0.2) is 0 Å². The fraction of sp³-hybridized carbons (Fsp3) is 0.500. The molecule has 17 heavy (non-hydrogen) atoms. The van der Waals surface area contributed by atoms with Gasteiger partial charge in [-0.3, -0.25) is 4.79 Å². The first-order valence-corrected chi connectivity index (χ1v) is 5.66. The van der Waals surface area contributed by atoms with E-state index in [0.29, 0.717) is 18.7 Å². The lowest BCUT2D eigenvalue weighted by molar-refractivity contribution is -0.116. The van der Waals surface area contributed by atoms with Crippen molar-refractivity contribution < 1.29 is 4.79 Å². The summed E-state index contributed by atoms with van der Waals surface area (Å²) in [6, 6.07) is 3.70. The fourth-order valence-corrected chi connectivity index (χ4v) is 1.34. The van der Waals surface area contributed by atoms with Gasteiger partial charge in [0.2, 0.25) is 5.91 Å². The van der Waals surface area contributed by atoms with Gasteiger partial charge < -0.3 is 16.0 Å². The van der Waals surface area contributed by atoms with Gasteiger partial charge in [0.1, 0.15) is 5.82 Å². The van der Waals surface area contributed by atoms with E-state index in [1.165, 1.54) is 0 Å². The number of nitrogens with two attached hydrogens (primary N) is 1. The minimum atomic E-state index is -0.0256. The van der Waals surface area contributed by atoms with Crippen LogP contribution >= 0.6 is 0 Å². The summed E-state index contributed by atoms with van der Waals surface area (Å²) in [5.74, 6) is 1.03. The van der Waals surface area contributed by atoms with Crippen LogP contribution < -0.4 is 16.0 Å². The summed E-state index contributed by atoms with van der Waals surface area (Å²) in [5.41, 5.74) is 6.18. The number of carbonyl (C=O) groups excluding carboxylic acids is 1. The third-order valence-electron chi connectivity index (χ3n) is 2.43. The molecule has 3 N–H and O–H groups in total. The molecule has 0 aliphatic carbocycles. The van der Waals surface area contributed by atoms with E-state index in [1.54, 1.807) is 6.20 Å². The maximum Gasteiger partial charge on any atom is 0.224 e. The average molecular weight is 236 g/mol. The molecule has 0 fully saturated rings. The van der Waals surface area contributed by atoms with Crippen LogP contribution in [0.25, 0.3) is 0 Å². The van der Waals surface area contributed by atoms with Crippen LogP contribution in [0.2, 0.25) is 0 Å². The molecule has 0 saturated carbocycles. The molecule has 0 aliphatic rings. The summed E-state index contributed by atoms with van der Waals surface area (Å²) in [4.78, 5) is 17.7. The average Bonchev–Trinajstić information content (AvgIpc) is 2.29. The smallest absolute Gasteiger partial charge is 0.224 e. The first kappa shape index (κ1) is 13.4. The van der Waals surface area contributed by atoms with Crippen LogP contribution in [-0.2, 0) is 4.79 Å². The standard InChI is InChI=1S/C12H20N4O/c1-9(7-13)6-12(17)15-10-4-5-11(14-8-10)16(2)3/h4-5,8-9H,6-7,13H2,1-3H3,(H,15,17). The molecule has 5 nitrogen and oxygen atoms in total. The van der Waals surface area contributed by atoms with Crippen molar-refractivity contribution >= 4 is 17.4 Å². The normalized spacial score (nSPS) is 12.0. The lowest BCUT2D eigenvalue weighted by atomic mass is 10.1. The first-order valence-electron chi connectivity index (χ1n) is 5.66. The molecule has 5 heteroatoms. The van der Waals surface area contributed by atoms with Crippen molar-refractivity contribution in [1.82, 2.24) is 4.98 Å². The van der Waals surface area contributed by atoms with Crippen molar-refractivity contribution in [3.63, 3.8) is 0 Å². The molecule has 1 atom stereocenters. The molecule has 1 amide bonds. The van der Waals surface area contributed by atoms with Crippen LogP contribution in [0.4, 0.5) is 11.5 Å². The van der Waals surface area contributed by atoms with Crippen molar-refractivity contribution in [2.45, 2.75) is 13.3 Å². The lowest BCUT2D eigenvalue weighted by Gasteiger charge is -2.12. The van der Waals surface area contributed by atoms with E-state index in [4.69, 9.17) is 5.73 Å². The number of carbonyl (C=O) groups is 1. The topological polar surface area (TPSA) is 71.2 Å². The van der Waals surface area contributed by atoms with Crippen LogP contribution in [-0.4, -0.2) is 31.5 Å². The second-order valence-electron chi connectivity index (χ2n) is 4.39. The van der Waals surface area contributed by atoms with E-state index in [2.05, 4.69) is 10.3 Å². The number of pyridine rings is 1. The van der Waals surface area contributed by atoms with Gasteiger partial charge in [0.25, 0.3) is 0 Å². The van der Waals surface area contributed by atoms with Gasteiger partial charge >= 0.3 is 0 Å². The van der Waals surface area contributed by atoms with E-state index >= 15 is 0 Å². The summed E-state index contributed by atoms with van der Waals surface area (Å²) >= 11 is 0. The van der Waals surface area contributed by atoms with Crippen molar-refractivity contribution in [2.75, 3.05) is 30.9 Å². The number of nitrogens with one attached hydrogen (secondary N) is 1. The van der Waals surface area contributed by atoms with Gasteiger partial charge in [-0.05, 0) is 24.6 Å². The molecule has 1 unspecified atom stereocenters. The molecular weight excluding hydrogens is 216 g/mol. The van der Waals surface area contributed by atoms with E-state index in [1.807, 2.05) is 38.1 Å². The number of hydrogen-bond acceptors (Lipinski definition) is 4. The highest BCUT2D eigenvalue weighted by Gasteiger charge is 2.08. The zero-order valence-corrected chi connectivity index (χ0v) is 10.6. The Hall–Kier alpha value is -1.62. The Kier molecular flexibility index (Phi) is 4.90. The predicted octanol–water partition coefficient (Wildman–Crippen LogP) is 1.07. The Morgan fingerprint density at radius 3 is 2.71 bits per heavy atom. The van der Waals surface area contributed by atoms with Crippen molar-refractivity contribution in [1.29, 1.82) is 0 Å². The number of anilines is 2. The molecule has 1 aromatic rings. The summed E-state index contributed by atoms with van der Waals surface area (Å²) in [6.45, 7) is 2.47. The van der Waals surface area contributed by atoms with E-state index < -0.39 is 0 Å². The van der Waals surface area contributed by atoms with Crippen LogP contribution in [0.5, 0.6) is 0 Å². The largest absolute Gasteiger partial charge is 0.363 e. The first-order chi connectivity index (χ1) is 8.02. The van der Waals surface area contributed by atoms with E-state index in [9.17, 15) is 4.79 Å². The summed E-state index contributed by atoms with van der Waals surface area (Å²) in [5, 5.41) is 2.80. The van der Waals surface area contributed by atoms with Gasteiger partial charge in [-0.2, -0.15) is 0 Å². The zero-order chi connectivity index (χ0) is 12.8. The second-order valence-corrected chi connectivity index (χ2v) is 4.39. The molecular formula is C12H20N4O. The van der Waals surface area contributed by atoms with Crippen molar-refractivity contribution in [3.05, 3.63) is 18.3 Å². The van der Waals surface area contributed by atoms with E-state index in [0.717, 1.165) is 5.82 Å². The quantitative estimate of drug-likeness (QED) is 0.802. The molecule has 0 aliphatic heterocycles. The fourth-order valence-electron chi connectivity index (χ4n) is 1.34. The summed E-state index contributed by atoms with van der Waals surface area (Å²) in [7, 11) is 3.84. The van der Waals surface area contributed by atoms with Crippen LogP contribution in [0.3, 0.4) is 0 Å². The lowest BCUT2D eigenvalue weighted by Crippen LogP contribution is -2.20. The Morgan fingerprint density at radius 1 is 1.53 bits per heavy atom. The third kappa shape index (κ3) is 4.40. The molecule has 0 radical (unpaired) electrons. The van der Waals surface area contributed by atoms with Gasteiger partial charge in [-0.25, -0.2) is 4.98 Å². The molecule has 0 aromatic carbocycles. The van der Waals surface area contributed by atoms with Gasteiger partial charge in [-0.15, -0.1) is 0 Å². The molecule has 0 spiro atoms. The second kappa shape index (κ2) is 6.20. The Bertz CT molecular complexity index is 361. The van der Waals surface area contributed by atoms with Crippen molar-refractivity contribution in [3.8, 4) is 0 Å². The minimum absolute atomic E-state index is 0.0256. The van der Waals surface area contributed by atoms with Crippen molar-refractivity contribution in [2.24, 2.45) is 11.7 Å². The molecule has 0 saturated heterocycles. The summed E-state index contributed by atoms with van der Waals surface area (Å²) < 4.78 is 0. The van der Waals surface area contributed by atoms with Crippen LogP contribution in [0.1, 0.15) is 13.3 Å². The van der Waals surface area contributed by atoms with Gasteiger partial charge in [0.05, 0.1) is 11.9 Å². The maximum absolute atomic E-state index is 11.6. The van der Waals surface area contributed by atoms with Crippen LogP contribution in [0, 0.1) is 5.92 Å². The Balaban J connectivity index is 2.54. The number of amides is 1. The molecule has 94 valence electrons. The molecule has 1 aromatic heterocycles. The van der Waals surface area contributed by atoms with Crippen LogP contribution in [0.15, 0.2) is 18.3 Å². The number of nitrogens with zero attached hydrogens (tertiary/aromatic N) is 2. The molecule has 0 bridgehead atoms. The van der Waals surface area contributed by atoms with Gasteiger partial charge in [0, 0.05) is 20.5 Å². The SMILES string of the molecule is CC(CN)CC(=O)Nc1ccc(N(C)C)nc1. The zero-order valence-electron chi connectivity index (χ0n) is 10.6. The summed E-state index contributed by atoms with van der Waals surface area (Å²) in [6.07, 6.45) is 2.09. The third-order valence-corrected chi connectivity index (χ3v) is 2.43. The minimum Gasteiger partial charge on any atom is -0.363 e. The molecule has 1 rings (SSSR count). The highest BCUT2D eigenvalue weighted by Crippen LogP contribution is 2.12. The Morgan fingerprint density at radius 2 is 2.24 bits per heavy atom. The highest BCUT2D eigenvalue weighted by atomic mass is 16.1. The van der Waals surface area contributed by atoms with Gasteiger partial charge in [-0.1, -0.05) is 6.92 Å². The monoisotopic (exact) mass is 236 g/mol. The van der Waals surface area contributed by atoms with E-state index in [-0.39, 0.29) is 11.8 Å².